The van der Waals surface area contributed by atoms with Gasteiger partial charge in [-0.1, -0.05) is 19.4 Å². The molecule has 6 nitrogen and oxygen atoms in total. The molecular formula is C18H16F2N6. The lowest BCUT2D eigenvalue weighted by molar-refractivity contribution is 0.584. The van der Waals surface area contributed by atoms with Gasteiger partial charge in [0.05, 0.1) is 17.8 Å². The Labute approximate surface area is 148 Å². The highest BCUT2D eigenvalue weighted by atomic mass is 19.1. The van der Waals surface area contributed by atoms with Gasteiger partial charge in [0.15, 0.2) is 5.65 Å². The molecule has 0 unspecified atom stereocenters. The Morgan fingerprint density at radius 3 is 2.65 bits per heavy atom. The molecule has 0 bridgehead atoms. The molecule has 0 fully saturated rings. The fourth-order valence-electron chi connectivity index (χ4n) is 3.06. The second kappa shape index (κ2) is 6.62. The lowest BCUT2D eigenvalue weighted by Gasteiger charge is -2.12. The minimum Gasteiger partial charge on any atom is -0.325 e. The van der Waals surface area contributed by atoms with Gasteiger partial charge >= 0.3 is 0 Å². The third-order valence-electron chi connectivity index (χ3n) is 4.25. The van der Waals surface area contributed by atoms with E-state index >= 15 is 0 Å². The highest BCUT2D eigenvalue weighted by Crippen LogP contribution is 2.25. The molecule has 0 radical (unpaired) electrons. The number of nitrogens with zero attached hydrogens (tertiary/aromatic N) is 6. The molecule has 0 atom stereocenters. The van der Waals surface area contributed by atoms with Gasteiger partial charge in [-0.25, -0.2) is 18.7 Å². The summed E-state index contributed by atoms with van der Waals surface area (Å²) in [5.74, 6) is -1.06. The maximum Gasteiger partial charge on any atom is 0.166 e. The van der Waals surface area contributed by atoms with Crippen molar-refractivity contribution in [3.63, 3.8) is 0 Å². The third kappa shape index (κ3) is 2.73. The first-order valence-electron chi connectivity index (χ1n) is 8.30. The van der Waals surface area contributed by atoms with Crippen LogP contribution in [0.15, 0.2) is 43.2 Å². The van der Waals surface area contributed by atoms with Crippen LogP contribution in [0.3, 0.4) is 0 Å². The number of rotatable bonds is 5. The molecule has 0 saturated carbocycles. The molecule has 0 aliphatic carbocycles. The van der Waals surface area contributed by atoms with Gasteiger partial charge in [0.25, 0.3) is 0 Å². The first kappa shape index (κ1) is 16.3. The zero-order valence-corrected chi connectivity index (χ0v) is 14.1. The quantitative estimate of drug-likeness (QED) is 0.552. The summed E-state index contributed by atoms with van der Waals surface area (Å²) in [6.45, 7) is 2.41. The van der Waals surface area contributed by atoms with Gasteiger partial charge in [0, 0.05) is 18.0 Å². The van der Waals surface area contributed by atoms with E-state index in [1.807, 2.05) is 0 Å². The van der Waals surface area contributed by atoms with Gasteiger partial charge in [-0.2, -0.15) is 0 Å². The Morgan fingerprint density at radius 1 is 1.08 bits per heavy atom. The molecule has 0 aliphatic heterocycles. The molecule has 8 heteroatoms. The van der Waals surface area contributed by atoms with Gasteiger partial charge in [-0.15, -0.1) is 10.2 Å². The van der Waals surface area contributed by atoms with Crippen molar-refractivity contribution < 1.29 is 8.78 Å². The summed E-state index contributed by atoms with van der Waals surface area (Å²) in [6.07, 6.45) is 8.15. The number of hydrogen-bond donors (Lipinski definition) is 0. The molecule has 3 heterocycles. The Hall–Kier alpha value is -3.16. The number of benzene rings is 1. The molecular weight excluding hydrogens is 338 g/mol. The molecule has 0 aliphatic rings. The van der Waals surface area contributed by atoms with Crippen molar-refractivity contribution in [3.8, 4) is 11.4 Å². The van der Waals surface area contributed by atoms with E-state index in [0.717, 1.165) is 29.7 Å². The molecule has 0 spiro atoms. The lowest BCUT2D eigenvalue weighted by atomic mass is 10.1. The first-order valence-corrected chi connectivity index (χ1v) is 8.30. The predicted octanol–water partition coefficient (Wildman–Crippen LogP) is 3.27. The molecule has 4 aromatic rings. The second-order valence-corrected chi connectivity index (χ2v) is 5.96. The lowest BCUT2D eigenvalue weighted by Crippen LogP contribution is -2.09. The van der Waals surface area contributed by atoms with E-state index in [1.165, 1.54) is 24.4 Å². The van der Waals surface area contributed by atoms with E-state index in [9.17, 15) is 8.78 Å². The maximum absolute atomic E-state index is 14.2. The van der Waals surface area contributed by atoms with Crippen LogP contribution in [-0.2, 0) is 13.0 Å². The van der Waals surface area contributed by atoms with Crippen molar-refractivity contribution in [1.82, 2.24) is 29.1 Å². The van der Waals surface area contributed by atoms with Crippen molar-refractivity contribution in [3.05, 3.63) is 66.1 Å². The van der Waals surface area contributed by atoms with E-state index in [0.29, 0.717) is 6.54 Å². The topological polar surface area (TPSA) is 60.9 Å². The van der Waals surface area contributed by atoms with Crippen LogP contribution in [0.25, 0.3) is 17.0 Å². The molecule has 3 aromatic heterocycles. The largest absolute Gasteiger partial charge is 0.325 e. The van der Waals surface area contributed by atoms with Crippen LogP contribution >= 0.6 is 0 Å². The van der Waals surface area contributed by atoms with Gasteiger partial charge in [0.1, 0.15) is 30.1 Å². The molecule has 0 saturated heterocycles. The fourth-order valence-corrected chi connectivity index (χ4v) is 3.06. The second-order valence-electron chi connectivity index (χ2n) is 5.96. The van der Waals surface area contributed by atoms with Crippen LogP contribution in [0.5, 0.6) is 0 Å². The summed E-state index contributed by atoms with van der Waals surface area (Å²) < 4.78 is 31.8. The highest BCUT2D eigenvalue weighted by molar-refractivity contribution is 5.58. The minimum absolute atomic E-state index is 0.141. The summed E-state index contributed by atoms with van der Waals surface area (Å²) in [7, 11) is 0. The van der Waals surface area contributed by atoms with E-state index in [4.69, 9.17) is 0 Å². The van der Waals surface area contributed by atoms with Crippen molar-refractivity contribution >= 4 is 5.65 Å². The van der Waals surface area contributed by atoms with Crippen LogP contribution in [0.2, 0.25) is 0 Å². The predicted molar refractivity (Wildman–Crippen MR) is 91.5 cm³/mol. The zero-order valence-electron chi connectivity index (χ0n) is 14.1. The molecule has 0 amide bonds. The van der Waals surface area contributed by atoms with Crippen LogP contribution in [0.1, 0.15) is 24.6 Å². The standard InChI is InChI=1S/C18H16F2N6/c1-2-4-12-15(22-10-26-11-23-24-17(12)26)9-25-8-7-21-18(25)16-13(19)5-3-6-14(16)20/h3,5-8,10-11H,2,4,9H2,1H3. The molecule has 4 rings (SSSR count). The van der Waals surface area contributed by atoms with Crippen LogP contribution in [-0.4, -0.2) is 29.1 Å². The summed E-state index contributed by atoms with van der Waals surface area (Å²) in [6, 6.07) is 3.78. The number of fused-ring (bicyclic) bond motifs is 1. The number of hydrogen-bond acceptors (Lipinski definition) is 4. The van der Waals surface area contributed by atoms with Gasteiger partial charge in [-0.3, -0.25) is 4.40 Å². The summed E-state index contributed by atoms with van der Waals surface area (Å²) in [5, 5.41) is 8.09. The SMILES string of the molecule is CCCc1c(Cn2ccnc2-c2c(F)cccc2F)ncn2cnnc12. The van der Waals surface area contributed by atoms with Gasteiger partial charge < -0.3 is 4.57 Å². The Balaban J connectivity index is 1.79. The van der Waals surface area contributed by atoms with Crippen molar-refractivity contribution in [1.29, 1.82) is 0 Å². The van der Waals surface area contributed by atoms with E-state index in [1.54, 1.807) is 27.8 Å². The molecule has 0 N–H and O–H groups in total. The minimum atomic E-state index is -0.646. The highest BCUT2D eigenvalue weighted by Gasteiger charge is 2.18. The zero-order chi connectivity index (χ0) is 18.1. The number of aryl methyl sites for hydroxylation is 1. The average molecular weight is 354 g/mol. The van der Waals surface area contributed by atoms with Crippen molar-refractivity contribution in [2.45, 2.75) is 26.3 Å². The van der Waals surface area contributed by atoms with E-state index in [2.05, 4.69) is 27.1 Å². The molecule has 1 aromatic carbocycles. The summed E-state index contributed by atoms with van der Waals surface area (Å²) in [5.41, 5.74) is 2.36. The number of aromatic nitrogens is 6. The fraction of sp³-hybridized carbons (Fsp3) is 0.222. The molecule has 26 heavy (non-hydrogen) atoms. The Bertz CT molecular complexity index is 1050. The number of halogens is 2. The van der Waals surface area contributed by atoms with Crippen LogP contribution in [0, 0.1) is 11.6 Å². The Kier molecular flexibility index (Phi) is 4.16. The van der Waals surface area contributed by atoms with Gasteiger partial charge in [-0.05, 0) is 18.6 Å². The third-order valence-corrected chi connectivity index (χ3v) is 4.25. The van der Waals surface area contributed by atoms with Crippen molar-refractivity contribution in [2.24, 2.45) is 0 Å². The smallest absolute Gasteiger partial charge is 0.166 e. The van der Waals surface area contributed by atoms with E-state index < -0.39 is 11.6 Å². The monoisotopic (exact) mass is 354 g/mol. The molecule has 132 valence electrons. The van der Waals surface area contributed by atoms with Crippen molar-refractivity contribution in [2.75, 3.05) is 0 Å². The number of imidazole rings is 1. The van der Waals surface area contributed by atoms with Gasteiger partial charge in [0.2, 0.25) is 0 Å². The summed E-state index contributed by atoms with van der Waals surface area (Å²) >= 11 is 0. The maximum atomic E-state index is 14.2. The van der Waals surface area contributed by atoms with Crippen LogP contribution in [0.4, 0.5) is 8.78 Å². The summed E-state index contributed by atoms with van der Waals surface area (Å²) in [4.78, 5) is 8.65. The normalized spacial score (nSPS) is 11.3. The first-order chi connectivity index (χ1) is 12.7. The Morgan fingerprint density at radius 2 is 1.88 bits per heavy atom. The average Bonchev–Trinajstić information content (AvgIpc) is 3.27. The van der Waals surface area contributed by atoms with Crippen LogP contribution < -0.4 is 0 Å². The van der Waals surface area contributed by atoms with E-state index in [-0.39, 0.29) is 11.4 Å².